The molecule has 0 heterocycles. The van der Waals surface area contributed by atoms with Crippen molar-refractivity contribution in [2.45, 2.75) is 98.5 Å². The average molecular weight is 337 g/mol. The summed E-state index contributed by atoms with van der Waals surface area (Å²) in [6.45, 7) is 13.1. The zero-order chi connectivity index (χ0) is 18.2. The van der Waals surface area contributed by atoms with Gasteiger partial charge in [-0.1, -0.05) is 79.4 Å². The monoisotopic (exact) mass is 336 g/mol. The molecular weight excluding hydrogens is 296 g/mol. The minimum atomic E-state index is 0.382. The van der Waals surface area contributed by atoms with Crippen molar-refractivity contribution in [3.8, 4) is 5.75 Å². The van der Waals surface area contributed by atoms with E-state index in [0.717, 1.165) is 5.75 Å². The molecule has 24 heavy (non-hydrogen) atoms. The Kier molecular flexibility index (Phi) is 14.8. The van der Waals surface area contributed by atoms with Gasteiger partial charge in [-0.3, -0.25) is 0 Å². The van der Waals surface area contributed by atoms with Crippen LogP contribution in [0, 0.1) is 0 Å². The SMILES string of the molecule is CC.CCC.CCC(C)c1ccc(OCOC2CCCCC2)cc1. The summed E-state index contributed by atoms with van der Waals surface area (Å²) in [7, 11) is 0. The predicted molar refractivity (Wildman–Crippen MR) is 106 cm³/mol. The van der Waals surface area contributed by atoms with Crippen molar-refractivity contribution in [2.24, 2.45) is 0 Å². The second kappa shape index (κ2) is 15.5. The van der Waals surface area contributed by atoms with Gasteiger partial charge in [0, 0.05) is 0 Å². The van der Waals surface area contributed by atoms with Crippen LogP contribution in [0.2, 0.25) is 0 Å². The number of ether oxygens (including phenoxy) is 2. The van der Waals surface area contributed by atoms with Gasteiger partial charge in [0.2, 0.25) is 0 Å². The highest BCUT2D eigenvalue weighted by molar-refractivity contribution is 5.29. The lowest BCUT2D eigenvalue weighted by Crippen LogP contribution is -2.19. The molecule has 1 saturated carbocycles. The van der Waals surface area contributed by atoms with Crippen LogP contribution < -0.4 is 4.74 Å². The Morgan fingerprint density at radius 3 is 2.00 bits per heavy atom. The van der Waals surface area contributed by atoms with E-state index in [1.165, 1.54) is 50.5 Å². The minimum Gasteiger partial charge on any atom is -0.468 e. The van der Waals surface area contributed by atoms with Crippen LogP contribution in [0.3, 0.4) is 0 Å². The van der Waals surface area contributed by atoms with Gasteiger partial charge in [0.25, 0.3) is 0 Å². The largest absolute Gasteiger partial charge is 0.468 e. The molecule has 1 aliphatic rings. The van der Waals surface area contributed by atoms with E-state index in [4.69, 9.17) is 9.47 Å². The molecule has 140 valence electrons. The van der Waals surface area contributed by atoms with E-state index < -0.39 is 0 Å². The van der Waals surface area contributed by atoms with Crippen LogP contribution in [0.1, 0.15) is 98.0 Å². The average Bonchev–Trinajstić information content (AvgIpc) is 2.65. The van der Waals surface area contributed by atoms with E-state index in [2.05, 4.69) is 39.8 Å². The molecule has 0 amide bonds. The molecular formula is C22H40O2. The summed E-state index contributed by atoms with van der Waals surface area (Å²) in [5.41, 5.74) is 1.38. The summed E-state index contributed by atoms with van der Waals surface area (Å²) in [5, 5.41) is 0. The first kappa shape index (κ1) is 23.0. The third-order valence-electron chi connectivity index (χ3n) is 4.14. The van der Waals surface area contributed by atoms with E-state index in [0.29, 0.717) is 18.8 Å². The van der Waals surface area contributed by atoms with Crippen LogP contribution in [0.15, 0.2) is 24.3 Å². The molecule has 0 radical (unpaired) electrons. The van der Waals surface area contributed by atoms with Gasteiger partial charge in [-0.25, -0.2) is 0 Å². The van der Waals surface area contributed by atoms with E-state index in [1.807, 2.05) is 26.0 Å². The van der Waals surface area contributed by atoms with Crippen molar-refractivity contribution in [3.63, 3.8) is 0 Å². The van der Waals surface area contributed by atoms with Gasteiger partial charge >= 0.3 is 0 Å². The van der Waals surface area contributed by atoms with Crippen LogP contribution in [0.5, 0.6) is 5.75 Å². The molecule has 1 aliphatic carbocycles. The maximum absolute atomic E-state index is 5.76. The van der Waals surface area contributed by atoms with Crippen LogP contribution in [0.25, 0.3) is 0 Å². The smallest absolute Gasteiger partial charge is 0.189 e. The Morgan fingerprint density at radius 2 is 1.50 bits per heavy atom. The number of rotatable bonds is 6. The van der Waals surface area contributed by atoms with Crippen molar-refractivity contribution >= 4 is 0 Å². The van der Waals surface area contributed by atoms with E-state index in [9.17, 15) is 0 Å². The van der Waals surface area contributed by atoms with Crippen molar-refractivity contribution in [1.29, 1.82) is 0 Å². The Bertz CT molecular complexity index is 366. The van der Waals surface area contributed by atoms with E-state index >= 15 is 0 Å². The first-order chi connectivity index (χ1) is 11.7. The third-order valence-corrected chi connectivity index (χ3v) is 4.14. The first-order valence-electron chi connectivity index (χ1n) is 10.1. The summed E-state index contributed by atoms with van der Waals surface area (Å²) >= 11 is 0. The summed E-state index contributed by atoms with van der Waals surface area (Å²) < 4.78 is 11.4. The van der Waals surface area contributed by atoms with Crippen LogP contribution in [-0.4, -0.2) is 12.9 Å². The maximum atomic E-state index is 5.76. The Labute approximate surface area is 151 Å². The Hall–Kier alpha value is -1.02. The normalized spacial score (nSPS) is 15.4. The lowest BCUT2D eigenvalue weighted by atomic mass is 9.98. The molecule has 0 saturated heterocycles. The Balaban J connectivity index is 0.000000952. The van der Waals surface area contributed by atoms with Gasteiger partial charge in [-0.2, -0.15) is 0 Å². The maximum Gasteiger partial charge on any atom is 0.189 e. The van der Waals surface area contributed by atoms with Gasteiger partial charge in [0.1, 0.15) is 5.75 Å². The standard InChI is InChI=1S/C17H26O2.C3H8.C2H6/c1-3-14(2)15-9-11-17(12-10-15)19-13-18-16-7-5-4-6-8-16;1-3-2;1-2/h9-12,14,16H,3-8,13H2,1-2H3;3H2,1-2H3;1-2H3. The highest BCUT2D eigenvalue weighted by atomic mass is 16.7. The summed E-state index contributed by atoms with van der Waals surface area (Å²) in [6, 6.07) is 8.41. The molecule has 2 nitrogen and oxygen atoms in total. The van der Waals surface area contributed by atoms with Crippen molar-refractivity contribution in [2.75, 3.05) is 6.79 Å². The van der Waals surface area contributed by atoms with E-state index in [1.54, 1.807) is 0 Å². The number of hydrogen-bond acceptors (Lipinski definition) is 2. The minimum absolute atomic E-state index is 0.382. The molecule has 1 aromatic carbocycles. The van der Waals surface area contributed by atoms with Crippen LogP contribution in [0.4, 0.5) is 0 Å². The van der Waals surface area contributed by atoms with Crippen molar-refractivity contribution < 1.29 is 9.47 Å². The quantitative estimate of drug-likeness (QED) is 0.506. The summed E-state index contributed by atoms with van der Waals surface area (Å²) in [4.78, 5) is 0. The van der Waals surface area contributed by atoms with Gasteiger partial charge in [-0.05, 0) is 42.9 Å². The van der Waals surface area contributed by atoms with Gasteiger partial charge in [-0.15, -0.1) is 0 Å². The zero-order valence-electron chi connectivity index (χ0n) is 16.9. The molecule has 1 atom stereocenters. The molecule has 2 heteroatoms. The first-order valence-corrected chi connectivity index (χ1v) is 10.1. The lowest BCUT2D eigenvalue weighted by molar-refractivity contribution is -0.0496. The van der Waals surface area contributed by atoms with Crippen molar-refractivity contribution in [3.05, 3.63) is 29.8 Å². The van der Waals surface area contributed by atoms with Crippen LogP contribution >= 0.6 is 0 Å². The number of hydrogen-bond donors (Lipinski definition) is 0. The number of benzene rings is 1. The molecule has 1 unspecified atom stereocenters. The van der Waals surface area contributed by atoms with Crippen molar-refractivity contribution in [1.82, 2.24) is 0 Å². The molecule has 0 aliphatic heterocycles. The second-order valence-electron chi connectivity index (χ2n) is 6.27. The fraction of sp³-hybridized carbons (Fsp3) is 0.727. The van der Waals surface area contributed by atoms with Gasteiger partial charge in [0.15, 0.2) is 6.79 Å². The summed E-state index contributed by atoms with van der Waals surface area (Å²) in [5.74, 6) is 1.52. The molecule has 0 bridgehead atoms. The third kappa shape index (κ3) is 9.97. The topological polar surface area (TPSA) is 18.5 Å². The van der Waals surface area contributed by atoms with E-state index in [-0.39, 0.29) is 0 Å². The molecule has 0 aromatic heterocycles. The van der Waals surface area contributed by atoms with Crippen LogP contribution in [-0.2, 0) is 4.74 Å². The molecule has 1 fully saturated rings. The highest BCUT2D eigenvalue weighted by Crippen LogP contribution is 2.23. The zero-order valence-corrected chi connectivity index (χ0v) is 16.9. The fourth-order valence-electron chi connectivity index (χ4n) is 2.56. The fourth-order valence-corrected chi connectivity index (χ4v) is 2.56. The van der Waals surface area contributed by atoms with Gasteiger partial charge < -0.3 is 9.47 Å². The van der Waals surface area contributed by atoms with Gasteiger partial charge in [0.05, 0.1) is 6.10 Å². The molecule has 1 aromatic rings. The second-order valence-corrected chi connectivity index (χ2v) is 6.27. The molecule has 0 spiro atoms. The molecule has 2 rings (SSSR count). The highest BCUT2D eigenvalue weighted by Gasteiger charge is 2.13. The predicted octanol–water partition coefficient (Wildman–Crippen LogP) is 7.33. The molecule has 0 N–H and O–H groups in total. The Morgan fingerprint density at radius 1 is 0.958 bits per heavy atom. The summed E-state index contributed by atoms with van der Waals surface area (Å²) in [6.07, 6.45) is 9.17. The lowest BCUT2D eigenvalue weighted by Gasteiger charge is -2.22.